The Morgan fingerprint density at radius 1 is 1.64 bits per heavy atom. The SMILES string of the molecule is Cn1ncc(N2CC(O)C2)c(Cl)c1=O. The lowest BCUT2D eigenvalue weighted by Gasteiger charge is -2.37. The summed E-state index contributed by atoms with van der Waals surface area (Å²) in [5, 5.41) is 13.1. The number of β-amino-alcohol motifs (C(OH)–C–C–N with tert-alkyl or cyclic N) is 1. The van der Waals surface area contributed by atoms with E-state index in [0.29, 0.717) is 18.8 Å². The molecule has 0 amide bonds. The molecule has 0 bridgehead atoms. The fourth-order valence-corrected chi connectivity index (χ4v) is 1.67. The van der Waals surface area contributed by atoms with Crippen molar-refractivity contribution in [1.82, 2.24) is 9.78 Å². The van der Waals surface area contributed by atoms with Crippen molar-refractivity contribution in [2.24, 2.45) is 7.05 Å². The molecule has 76 valence electrons. The second-order valence-corrected chi connectivity index (χ2v) is 3.71. The third-order valence-corrected chi connectivity index (χ3v) is 2.62. The van der Waals surface area contributed by atoms with Gasteiger partial charge in [-0.25, -0.2) is 4.68 Å². The van der Waals surface area contributed by atoms with E-state index in [0.717, 1.165) is 0 Å². The number of rotatable bonds is 1. The third-order valence-electron chi connectivity index (χ3n) is 2.26. The maximum Gasteiger partial charge on any atom is 0.287 e. The molecule has 1 fully saturated rings. The highest BCUT2D eigenvalue weighted by Gasteiger charge is 2.27. The summed E-state index contributed by atoms with van der Waals surface area (Å²) < 4.78 is 1.18. The number of halogens is 1. The summed E-state index contributed by atoms with van der Waals surface area (Å²) in [5.41, 5.74) is 0.283. The summed E-state index contributed by atoms with van der Waals surface area (Å²) in [7, 11) is 1.54. The van der Waals surface area contributed by atoms with Crippen molar-refractivity contribution in [3.05, 3.63) is 21.6 Å². The molecule has 0 spiro atoms. The number of aryl methyl sites for hydroxylation is 1. The van der Waals surface area contributed by atoms with E-state index >= 15 is 0 Å². The lowest BCUT2D eigenvalue weighted by atomic mass is 10.1. The fraction of sp³-hybridized carbons (Fsp3) is 0.500. The third kappa shape index (κ3) is 1.38. The van der Waals surface area contributed by atoms with Crippen LogP contribution in [0.4, 0.5) is 5.69 Å². The van der Waals surface area contributed by atoms with E-state index in [1.165, 1.54) is 10.9 Å². The van der Waals surface area contributed by atoms with Crippen molar-refractivity contribution in [1.29, 1.82) is 0 Å². The summed E-state index contributed by atoms with van der Waals surface area (Å²) in [4.78, 5) is 13.2. The van der Waals surface area contributed by atoms with E-state index in [9.17, 15) is 4.79 Å². The van der Waals surface area contributed by atoms with Gasteiger partial charge >= 0.3 is 0 Å². The first kappa shape index (κ1) is 9.48. The minimum atomic E-state index is -0.324. The summed E-state index contributed by atoms with van der Waals surface area (Å²) in [6, 6.07) is 0. The normalized spacial score (nSPS) is 16.9. The van der Waals surface area contributed by atoms with Crippen LogP contribution in [0.5, 0.6) is 0 Å². The second kappa shape index (κ2) is 3.25. The largest absolute Gasteiger partial charge is 0.389 e. The molecule has 2 heterocycles. The molecule has 6 heteroatoms. The maximum atomic E-state index is 11.4. The van der Waals surface area contributed by atoms with E-state index < -0.39 is 0 Å². The molecule has 0 atom stereocenters. The Labute approximate surface area is 85.5 Å². The molecule has 1 aliphatic heterocycles. The first-order chi connectivity index (χ1) is 6.59. The summed E-state index contributed by atoms with van der Waals surface area (Å²) in [6.45, 7) is 1.02. The second-order valence-electron chi connectivity index (χ2n) is 3.33. The summed E-state index contributed by atoms with van der Waals surface area (Å²) in [5.74, 6) is 0. The van der Waals surface area contributed by atoms with Crippen LogP contribution in [-0.2, 0) is 7.05 Å². The van der Waals surface area contributed by atoms with E-state index in [2.05, 4.69) is 5.10 Å². The number of aromatic nitrogens is 2. The van der Waals surface area contributed by atoms with Crippen LogP contribution in [0.1, 0.15) is 0 Å². The maximum absolute atomic E-state index is 11.4. The smallest absolute Gasteiger partial charge is 0.287 e. The average molecular weight is 216 g/mol. The quantitative estimate of drug-likeness (QED) is 0.694. The van der Waals surface area contributed by atoms with Crippen LogP contribution < -0.4 is 10.5 Å². The number of hydrogen-bond donors (Lipinski definition) is 1. The molecule has 1 aliphatic rings. The van der Waals surface area contributed by atoms with Gasteiger partial charge in [-0.05, 0) is 0 Å². The van der Waals surface area contributed by atoms with Gasteiger partial charge in [-0.15, -0.1) is 0 Å². The Morgan fingerprint density at radius 2 is 2.29 bits per heavy atom. The lowest BCUT2D eigenvalue weighted by Crippen LogP contribution is -2.51. The summed E-state index contributed by atoms with van der Waals surface area (Å²) >= 11 is 5.86. The molecular formula is C8H10ClN3O2. The van der Waals surface area contributed by atoms with Crippen LogP contribution in [0.25, 0.3) is 0 Å². The predicted octanol–water partition coefficient (Wildman–Crippen LogP) is -0.385. The van der Waals surface area contributed by atoms with Gasteiger partial charge in [-0.2, -0.15) is 5.10 Å². The van der Waals surface area contributed by atoms with Crippen LogP contribution in [0.15, 0.2) is 11.0 Å². The van der Waals surface area contributed by atoms with Gasteiger partial charge in [0, 0.05) is 20.1 Å². The van der Waals surface area contributed by atoms with Crippen molar-refractivity contribution < 1.29 is 5.11 Å². The van der Waals surface area contributed by atoms with Gasteiger partial charge in [0.05, 0.1) is 18.0 Å². The molecule has 0 aromatic carbocycles. The molecule has 2 rings (SSSR count). The highest BCUT2D eigenvalue weighted by Crippen LogP contribution is 2.25. The molecule has 14 heavy (non-hydrogen) atoms. The molecule has 1 aromatic rings. The highest BCUT2D eigenvalue weighted by atomic mass is 35.5. The van der Waals surface area contributed by atoms with Crippen molar-refractivity contribution in [3.63, 3.8) is 0 Å². The minimum absolute atomic E-state index is 0.161. The van der Waals surface area contributed by atoms with Crippen LogP contribution >= 0.6 is 11.6 Å². The Kier molecular flexibility index (Phi) is 2.20. The van der Waals surface area contributed by atoms with Crippen LogP contribution in [0.3, 0.4) is 0 Å². The molecular weight excluding hydrogens is 206 g/mol. The van der Waals surface area contributed by atoms with E-state index in [-0.39, 0.29) is 16.7 Å². The van der Waals surface area contributed by atoms with Crippen molar-refractivity contribution >= 4 is 17.3 Å². The molecule has 1 aromatic heterocycles. The van der Waals surface area contributed by atoms with Gasteiger partial charge < -0.3 is 10.0 Å². The van der Waals surface area contributed by atoms with Gasteiger partial charge in [-0.1, -0.05) is 11.6 Å². The fourth-order valence-electron chi connectivity index (χ4n) is 1.37. The monoisotopic (exact) mass is 215 g/mol. The molecule has 5 nitrogen and oxygen atoms in total. The standard InChI is InChI=1S/C8H10ClN3O2/c1-11-8(14)7(9)6(2-10-11)12-3-5(13)4-12/h2,5,13H,3-4H2,1H3. The number of aliphatic hydroxyl groups is 1. The molecule has 0 saturated carbocycles. The molecule has 1 saturated heterocycles. The number of nitrogens with zero attached hydrogens (tertiary/aromatic N) is 3. The molecule has 0 radical (unpaired) electrons. The Balaban J connectivity index is 2.36. The zero-order valence-corrected chi connectivity index (χ0v) is 8.40. The van der Waals surface area contributed by atoms with Gasteiger partial charge in [0.1, 0.15) is 5.02 Å². The van der Waals surface area contributed by atoms with Gasteiger partial charge in [0.2, 0.25) is 0 Å². The van der Waals surface area contributed by atoms with E-state index in [1.807, 2.05) is 4.90 Å². The Hall–Kier alpha value is -1.07. The summed E-state index contributed by atoms with van der Waals surface area (Å²) in [6.07, 6.45) is 1.21. The topological polar surface area (TPSA) is 58.4 Å². The van der Waals surface area contributed by atoms with Crippen molar-refractivity contribution in [2.75, 3.05) is 18.0 Å². The Bertz CT molecular complexity index is 412. The van der Waals surface area contributed by atoms with Crippen LogP contribution in [0, 0.1) is 0 Å². The van der Waals surface area contributed by atoms with E-state index in [1.54, 1.807) is 7.05 Å². The predicted molar refractivity (Wildman–Crippen MR) is 52.7 cm³/mol. The van der Waals surface area contributed by atoms with Gasteiger partial charge in [0.15, 0.2) is 0 Å². The first-order valence-corrected chi connectivity index (χ1v) is 4.62. The van der Waals surface area contributed by atoms with E-state index in [4.69, 9.17) is 16.7 Å². The van der Waals surface area contributed by atoms with Gasteiger partial charge in [0.25, 0.3) is 5.56 Å². The highest BCUT2D eigenvalue weighted by molar-refractivity contribution is 6.33. The number of hydrogen-bond acceptors (Lipinski definition) is 4. The van der Waals surface area contributed by atoms with Crippen molar-refractivity contribution in [2.45, 2.75) is 6.10 Å². The lowest BCUT2D eigenvalue weighted by molar-refractivity contribution is 0.142. The minimum Gasteiger partial charge on any atom is -0.389 e. The van der Waals surface area contributed by atoms with Crippen molar-refractivity contribution in [3.8, 4) is 0 Å². The molecule has 1 N–H and O–H groups in total. The Morgan fingerprint density at radius 3 is 2.86 bits per heavy atom. The zero-order valence-electron chi connectivity index (χ0n) is 7.64. The first-order valence-electron chi connectivity index (χ1n) is 4.24. The molecule has 0 aliphatic carbocycles. The average Bonchev–Trinajstić information content (AvgIpc) is 2.11. The number of aliphatic hydroxyl groups excluding tert-OH is 1. The molecule has 0 unspecified atom stereocenters. The number of anilines is 1. The van der Waals surface area contributed by atoms with Crippen LogP contribution in [0.2, 0.25) is 5.02 Å². The van der Waals surface area contributed by atoms with Gasteiger partial charge in [-0.3, -0.25) is 4.79 Å². The van der Waals surface area contributed by atoms with Crippen LogP contribution in [-0.4, -0.2) is 34.1 Å². The zero-order chi connectivity index (χ0) is 10.3.